The number of hydrogen-bond acceptors (Lipinski definition) is 6. The first-order valence-electron chi connectivity index (χ1n) is 7.30. The molecule has 0 aromatic carbocycles. The molecular formula is C14H15N5O2S2. The second-order valence-electron chi connectivity index (χ2n) is 5.66. The molecule has 23 heavy (non-hydrogen) atoms. The van der Waals surface area contributed by atoms with Gasteiger partial charge in [0.05, 0.1) is 22.5 Å². The van der Waals surface area contributed by atoms with Crippen LogP contribution < -0.4 is 4.72 Å². The Morgan fingerprint density at radius 1 is 1.35 bits per heavy atom. The third-order valence-corrected chi connectivity index (χ3v) is 6.49. The van der Waals surface area contributed by atoms with Crippen LogP contribution in [0.3, 0.4) is 0 Å². The summed E-state index contributed by atoms with van der Waals surface area (Å²) in [5.74, 6) is 0.310. The van der Waals surface area contributed by atoms with E-state index in [2.05, 4.69) is 19.8 Å². The molecule has 4 rings (SSSR count). The van der Waals surface area contributed by atoms with Crippen LogP contribution in [0.1, 0.15) is 30.9 Å². The Hall–Kier alpha value is -2.00. The van der Waals surface area contributed by atoms with E-state index in [4.69, 9.17) is 0 Å². The van der Waals surface area contributed by atoms with Crippen LogP contribution in [0.2, 0.25) is 0 Å². The molecular weight excluding hydrogens is 334 g/mol. The van der Waals surface area contributed by atoms with E-state index in [1.807, 2.05) is 12.3 Å². The molecule has 1 saturated carbocycles. The van der Waals surface area contributed by atoms with Crippen LogP contribution in [0.15, 0.2) is 29.0 Å². The molecule has 0 spiro atoms. The second kappa shape index (κ2) is 5.27. The fraction of sp³-hybridized carbons (Fsp3) is 0.357. The fourth-order valence-electron chi connectivity index (χ4n) is 2.54. The van der Waals surface area contributed by atoms with Crippen molar-refractivity contribution in [2.24, 2.45) is 0 Å². The minimum Gasteiger partial charge on any atom is -0.268 e. The van der Waals surface area contributed by atoms with Crippen molar-refractivity contribution in [3.63, 3.8) is 0 Å². The van der Waals surface area contributed by atoms with Gasteiger partial charge in [0.25, 0.3) is 10.0 Å². The summed E-state index contributed by atoms with van der Waals surface area (Å²) in [6.45, 7) is 1.94. The molecule has 0 saturated heterocycles. The third kappa shape index (κ3) is 2.49. The molecule has 1 N–H and O–H groups in total. The van der Waals surface area contributed by atoms with Crippen molar-refractivity contribution in [3.8, 4) is 0 Å². The second-order valence-corrected chi connectivity index (χ2v) is 8.23. The topological polar surface area (TPSA) is 89.8 Å². The number of hydrogen-bond donors (Lipinski definition) is 1. The monoisotopic (exact) mass is 349 g/mol. The number of anilines is 1. The van der Waals surface area contributed by atoms with E-state index in [9.17, 15) is 8.42 Å². The number of fused-ring (bicyclic) bond motifs is 1. The van der Waals surface area contributed by atoms with Gasteiger partial charge in [-0.1, -0.05) is 0 Å². The highest BCUT2D eigenvalue weighted by molar-refractivity contribution is 7.92. The Morgan fingerprint density at radius 3 is 2.91 bits per heavy atom. The van der Waals surface area contributed by atoms with E-state index in [-0.39, 0.29) is 4.90 Å². The molecule has 1 aliphatic carbocycles. The Kier molecular flexibility index (Phi) is 3.34. The van der Waals surface area contributed by atoms with E-state index in [0.29, 0.717) is 11.9 Å². The number of aromatic nitrogens is 4. The Balaban J connectivity index is 1.67. The average molecular weight is 349 g/mol. The molecule has 0 radical (unpaired) electrons. The minimum atomic E-state index is -3.71. The van der Waals surface area contributed by atoms with Gasteiger partial charge in [0.1, 0.15) is 11.2 Å². The SMILES string of the molecule is Cc1csc2c(NS(=O)(=O)c3cnn(C4CCC4)c3)ncnc12. The Labute approximate surface area is 137 Å². The maximum Gasteiger partial charge on any atom is 0.266 e. The molecule has 0 amide bonds. The highest BCUT2D eigenvalue weighted by atomic mass is 32.2. The summed E-state index contributed by atoms with van der Waals surface area (Å²) in [5, 5.41) is 6.12. The van der Waals surface area contributed by atoms with Gasteiger partial charge in [0.15, 0.2) is 5.82 Å². The molecule has 1 fully saturated rings. The van der Waals surface area contributed by atoms with Gasteiger partial charge in [0, 0.05) is 6.20 Å². The van der Waals surface area contributed by atoms with Crippen LogP contribution in [0.4, 0.5) is 5.82 Å². The lowest BCUT2D eigenvalue weighted by Gasteiger charge is -2.25. The molecule has 1 aliphatic rings. The van der Waals surface area contributed by atoms with Gasteiger partial charge in [-0.25, -0.2) is 18.4 Å². The van der Waals surface area contributed by atoms with Crippen LogP contribution in [-0.4, -0.2) is 28.2 Å². The lowest BCUT2D eigenvalue weighted by molar-refractivity contribution is 0.289. The van der Waals surface area contributed by atoms with Crippen LogP contribution in [0.25, 0.3) is 10.2 Å². The number of thiophene rings is 1. The largest absolute Gasteiger partial charge is 0.268 e. The van der Waals surface area contributed by atoms with Crippen molar-refractivity contribution in [1.29, 1.82) is 0 Å². The highest BCUT2D eigenvalue weighted by Gasteiger charge is 2.24. The quantitative estimate of drug-likeness (QED) is 0.782. The Bertz CT molecular complexity index is 972. The summed E-state index contributed by atoms with van der Waals surface area (Å²) in [7, 11) is -3.71. The first-order valence-corrected chi connectivity index (χ1v) is 9.66. The zero-order valence-corrected chi connectivity index (χ0v) is 14.1. The molecule has 120 valence electrons. The zero-order valence-electron chi connectivity index (χ0n) is 12.4. The average Bonchev–Trinajstić information content (AvgIpc) is 3.06. The third-order valence-electron chi connectivity index (χ3n) is 4.10. The number of nitrogens with zero attached hydrogens (tertiary/aromatic N) is 4. The van der Waals surface area contributed by atoms with E-state index in [0.717, 1.165) is 28.6 Å². The summed E-state index contributed by atoms with van der Waals surface area (Å²) in [4.78, 5) is 8.44. The molecule has 9 heteroatoms. The van der Waals surface area contributed by atoms with Gasteiger partial charge in [-0.15, -0.1) is 11.3 Å². The summed E-state index contributed by atoms with van der Waals surface area (Å²) in [6, 6.07) is 0.324. The fourth-order valence-corrected chi connectivity index (χ4v) is 4.51. The first-order chi connectivity index (χ1) is 11.0. The number of rotatable bonds is 4. The van der Waals surface area contributed by atoms with Crippen LogP contribution >= 0.6 is 11.3 Å². The molecule has 3 aromatic heterocycles. The molecule has 3 aromatic rings. The summed E-state index contributed by atoms with van der Waals surface area (Å²) in [5.41, 5.74) is 1.78. The smallest absolute Gasteiger partial charge is 0.266 e. The zero-order chi connectivity index (χ0) is 16.0. The predicted molar refractivity (Wildman–Crippen MR) is 88.1 cm³/mol. The van der Waals surface area contributed by atoms with Crippen LogP contribution in [-0.2, 0) is 10.0 Å². The summed E-state index contributed by atoms with van der Waals surface area (Å²) < 4.78 is 30.2. The lowest BCUT2D eigenvalue weighted by atomic mass is 9.93. The standard InChI is InChI=1S/C14H15N5O2S2/c1-9-7-22-13-12(9)15-8-16-14(13)18-23(20,21)11-5-17-19(6-11)10-3-2-4-10/h5-8,10H,2-4H2,1H3,(H,15,16,18). The number of nitrogens with one attached hydrogen (secondary N) is 1. The minimum absolute atomic E-state index is 0.157. The van der Waals surface area contributed by atoms with Crippen molar-refractivity contribution in [1.82, 2.24) is 19.7 Å². The molecule has 0 aliphatic heterocycles. The number of sulfonamides is 1. The van der Waals surface area contributed by atoms with Crippen molar-refractivity contribution < 1.29 is 8.42 Å². The lowest BCUT2D eigenvalue weighted by Crippen LogP contribution is -2.17. The predicted octanol–water partition coefficient (Wildman–Crippen LogP) is 2.72. The highest BCUT2D eigenvalue weighted by Crippen LogP contribution is 2.32. The molecule has 7 nitrogen and oxygen atoms in total. The van der Waals surface area contributed by atoms with Gasteiger partial charge in [-0.3, -0.25) is 9.40 Å². The van der Waals surface area contributed by atoms with E-state index in [1.165, 1.54) is 30.3 Å². The van der Waals surface area contributed by atoms with Gasteiger partial charge < -0.3 is 0 Å². The molecule has 0 unspecified atom stereocenters. The normalized spacial score (nSPS) is 15.7. The van der Waals surface area contributed by atoms with Crippen molar-refractivity contribution in [2.75, 3.05) is 4.72 Å². The summed E-state index contributed by atoms with van der Waals surface area (Å²) in [6.07, 6.45) is 7.62. The van der Waals surface area contributed by atoms with E-state index >= 15 is 0 Å². The van der Waals surface area contributed by atoms with E-state index in [1.54, 1.807) is 10.9 Å². The van der Waals surface area contributed by atoms with E-state index < -0.39 is 10.0 Å². The summed E-state index contributed by atoms with van der Waals surface area (Å²) >= 11 is 1.43. The molecule has 0 atom stereocenters. The van der Waals surface area contributed by atoms with Gasteiger partial charge in [0.2, 0.25) is 0 Å². The van der Waals surface area contributed by atoms with Gasteiger partial charge >= 0.3 is 0 Å². The maximum absolute atomic E-state index is 12.6. The van der Waals surface area contributed by atoms with Crippen molar-refractivity contribution in [3.05, 3.63) is 29.7 Å². The molecule has 0 bridgehead atoms. The Morgan fingerprint density at radius 2 is 2.17 bits per heavy atom. The first kappa shape index (κ1) is 14.6. The van der Waals surface area contributed by atoms with Gasteiger partial charge in [-0.05, 0) is 37.1 Å². The molecule has 3 heterocycles. The number of aryl methyl sites for hydroxylation is 1. The van der Waals surface area contributed by atoms with Crippen molar-refractivity contribution in [2.45, 2.75) is 37.1 Å². The van der Waals surface area contributed by atoms with Crippen LogP contribution in [0, 0.1) is 6.92 Å². The van der Waals surface area contributed by atoms with Gasteiger partial charge in [-0.2, -0.15) is 5.10 Å². The van der Waals surface area contributed by atoms with Crippen molar-refractivity contribution >= 4 is 37.4 Å². The maximum atomic E-state index is 12.6. The van der Waals surface area contributed by atoms with Crippen LogP contribution in [0.5, 0.6) is 0 Å².